The van der Waals surface area contributed by atoms with E-state index >= 15 is 0 Å². The molecule has 68 valence electrons. The molecule has 3 rings (SSSR count). The fourth-order valence-corrected chi connectivity index (χ4v) is 2.33. The summed E-state index contributed by atoms with van der Waals surface area (Å²) in [6.45, 7) is 0. The zero-order valence-electron chi connectivity index (χ0n) is 7.63. The standard InChI is InChI=1S/C13H9Cl/c14-8-11-7-6-10-5-4-9-2-1-3-12(11)13(9)10/h1-7H,8H2. The predicted molar refractivity (Wildman–Crippen MR) is 62.4 cm³/mol. The molecule has 1 aliphatic carbocycles. The largest absolute Gasteiger partial charge is 0.122 e. The van der Waals surface area contributed by atoms with Crippen molar-refractivity contribution < 1.29 is 0 Å². The Morgan fingerprint density at radius 3 is 2.50 bits per heavy atom. The first-order valence-corrected chi connectivity index (χ1v) is 5.22. The summed E-state index contributed by atoms with van der Waals surface area (Å²) in [6, 6.07) is 10.6. The number of alkyl halides is 1. The van der Waals surface area contributed by atoms with Gasteiger partial charge in [-0.1, -0.05) is 42.5 Å². The molecule has 0 bridgehead atoms. The number of benzene rings is 2. The van der Waals surface area contributed by atoms with Crippen LogP contribution in [0.4, 0.5) is 0 Å². The number of rotatable bonds is 1. The second kappa shape index (κ2) is 2.86. The maximum Gasteiger partial charge on any atom is 0.0480 e. The Kier molecular flexibility index (Phi) is 1.65. The number of hydrogen-bond acceptors (Lipinski definition) is 0. The van der Waals surface area contributed by atoms with Crippen LogP contribution in [0.3, 0.4) is 0 Å². The highest BCUT2D eigenvalue weighted by molar-refractivity contribution is 6.18. The smallest absolute Gasteiger partial charge is 0.0480 e. The first-order chi connectivity index (χ1) is 6.90. The second-order valence-corrected chi connectivity index (χ2v) is 3.82. The third-order valence-corrected chi connectivity index (χ3v) is 3.07. The van der Waals surface area contributed by atoms with Gasteiger partial charge in [-0.25, -0.2) is 0 Å². The maximum absolute atomic E-state index is 5.91. The Labute approximate surface area is 87.8 Å². The summed E-state index contributed by atoms with van der Waals surface area (Å²) >= 11 is 5.91. The minimum atomic E-state index is 0.584. The molecule has 0 nitrogen and oxygen atoms in total. The highest BCUT2D eigenvalue weighted by Crippen LogP contribution is 2.33. The summed E-state index contributed by atoms with van der Waals surface area (Å²) in [5.41, 5.74) is 3.84. The van der Waals surface area contributed by atoms with Crippen molar-refractivity contribution in [2.75, 3.05) is 0 Å². The summed E-state index contributed by atoms with van der Waals surface area (Å²) in [5.74, 6) is 0.584. The van der Waals surface area contributed by atoms with E-state index in [0.29, 0.717) is 5.88 Å². The van der Waals surface area contributed by atoms with Gasteiger partial charge in [0, 0.05) is 5.88 Å². The van der Waals surface area contributed by atoms with Crippen LogP contribution in [-0.4, -0.2) is 0 Å². The average Bonchev–Trinajstić information content (AvgIpc) is 2.65. The lowest BCUT2D eigenvalue weighted by molar-refractivity contribution is 1.45. The van der Waals surface area contributed by atoms with Gasteiger partial charge in [0.05, 0.1) is 0 Å². The van der Waals surface area contributed by atoms with Gasteiger partial charge in [-0.05, 0) is 27.5 Å². The quantitative estimate of drug-likeness (QED) is 0.520. The topological polar surface area (TPSA) is 0 Å². The van der Waals surface area contributed by atoms with Crippen molar-refractivity contribution in [2.24, 2.45) is 0 Å². The highest BCUT2D eigenvalue weighted by atomic mass is 35.5. The van der Waals surface area contributed by atoms with Crippen molar-refractivity contribution in [3.05, 3.63) is 47.0 Å². The minimum absolute atomic E-state index is 0.584. The molecule has 0 atom stereocenters. The van der Waals surface area contributed by atoms with Gasteiger partial charge >= 0.3 is 0 Å². The zero-order chi connectivity index (χ0) is 9.54. The molecule has 0 radical (unpaired) electrons. The zero-order valence-corrected chi connectivity index (χ0v) is 8.38. The van der Waals surface area contributed by atoms with E-state index in [-0.39, 0.29) is 0 Å². The van der Waals surface area contributed by atoms with Crippen molar-refractivity contribution in [1.82, 2.24) is 0 Å². The predicted octanol–water partition coefficient (Wildman–Crippen LogP) is 4.06. The summed E-state index contributed by atoms with van der Waals surface area (Å²) < 4.78 is 0. The fourth-order valence-electron chi connectivity index (χ4n) is 2.10. The monoisotopic (exact) mass is 200 g/mol. The summed E-state index contributed by atoms with van der Waals surface area (Å²) in [7, 11) is 0. The Hall–Kier alpha value is -1.27. The van der Waals surface area contributed by atoms with Gasteiger partial charge in [0.2, 0.25) is 0 Å². The number of halogens is 1. The highest BCUT2D eigenvalue weighted by Gasteiger charge is 2.10. The molecule has 0 N–H and O–H groups in total. The molecule has 0 saturated heterocycles. The third kappa shape index (κ3) is 0.948. The van der Waals surface area contributed by atoms with Crippen LogP contribution in [0.25, 0.3) is 22.9 Å². The van der Waals surface area contributed by atoms with Gasteiger partial charge in [0.1, 0.15) is 0 Å². The van der Waals surface area contributed by atoms with Crippen LogP contribution in [0.2, 0.25) is 0 Å². The van der Waals surface area contributed by atoms with Gasteiger partial charge < -0.3 is 0 Å². The van der Waals surface area contributed by atoms with Crippen molar-refractivity contribution in [3.8, 4) is 0 Å². The van der Waals surface area contributed by atoms with E-state index in [1.807, 2.05) is 0 Å². The van der Waals surface area contributed by atoms with Crippen LogP contribution in [-0.2, 0) is 5.88 Å². The maximum atomic E-state index is 5.91. The molecule has 0 fully saturated rings. The number of hydrogen-bond donors (Lipinski definition) is 0. The van der Waals surface area contributed by atoms with Gasteiger partial charge in [0.25, 0.3) is 0 Å². The molecule has 14 heavy (non-hydrogen) atoms. The minimum Gasteiger partial charge on any atom is -0.122 e. The van der Waals surface area contributed by atoms with E-state index in [1.165, 1.54) is 27.5 Å². The van der Waals surface area contributed by atoms with Crippen LogP contribution < -0.4 is 0 Å². The van der Waals surface area contributed by atoms with Gasteiger partial charge in [-0.2, -0.15) is 0 Å². The van der Waals surface area contributed by atoms with E-state index in [9.17, 15) is 0 Å². The van der Waals surface area contributed by atoms with Gasteiger partial charge in [-0.3, -0.25) is 0 Å². The SMILES string of the molecule is ClCc1ccc2c3c(cccc13)C=C2. The Morgan fingerprint density at radius 2 is 1.71 bits per heavy atom. The molecule has 0 saturated carbocycles. The van der Waals surface area contributed by atoms with Crippen LogP contribution in [0.1, 0.15) is 16.7 Å². The second-order valence-electron chi connectivity index (χ2n) is 3.55. The lowest BCUT2D eigenvalue weighted by Crippen LogP contribution is -1.84. The third-order valence-electron chi connectivity index (χ3n) is 2.78. The Bertz CT molecular complexity index is 526. The molecule has 2 aromatic carbocycles. The van der Waals surface area contributed by atoms with Crippen molar-refractivity contribution >= 4 is 34.5 Å². The molecule has 0 amide bonds. The van der Waals surface area contributed by atoms with E-state index in [4.69, 9.17) is 11.6 Å². The first kappa shape index (κ1) is 8.07. The summed E-state index contributed by atoms with van der Waals surface area (Å²) in [5, 5.41) is 2.64. The molecule has 0 unspecified atom stereocenters. The van der Waals surface area contributed by atoms with Crippen LogP contribution in [0, 0.1) is 0 Å². The average molecular weight is 201 g/mol. The molecule has 2 aromatic rings. The lowest BCUT2D eigenvalue weighted by atomic mass is 10.0. The summed E-state index contributed by atoms with van der Waals surface area (Å²) in [6.07, 6.45) is 4.32. The normalized spacial score (nSPS) is 12.6. The Morgan fingerprint density at radius 1 is 0.929 bits per heavy atom. The fraction of sp³-hybridized carbons (Fsp3) is 0.0769. The Balaban J connectivity index is 2.51. The van der Waals surface area contributed by atoms with Crippen molar-refractivity contribution in [3.63, 3.8) is 0 Å². The summed E-state index contributed by atoms with van der Waals surface area (Å²) in [4.78, 5) is 0. The molecule has 0 aliphatic heterocycles. The van der Waals surface area contributed by atoms with Crippen molar-refractivity contribution in [1.29, 1.82) is 0 Å². The molecule has 1 heteroatoms. The van der Waals surface area contributed by atoms with Crippen molar-refractivity contribution in [2.45, 2.75) is 5.88 Å². The van der Waals surface area contributed by atoms with Crippen LogP contribution >= 0.6 is 11.6 Å². The van der Waals surface area contributed by atoms with Crippen LogP contribution in [0.15, 0.2) is 30.3 Å². The van der Waals surface area contributed by atoms with E-state index in [0.717, 1.165) is 0 Å². The molecular weight excluding hydrogens is 192 g/mol. The van der Waals surface area contributed by atoms with E-state index < -0.39 is 0 Å². The van der Waals surface area contributed by atoms with Gasteiger partial charge in [0.15, 0.2) is 0 Å². The van der Waals surface area contributed by atoms with Crippen LogP contribution in [0.5, 0.6) is 0 Å². The molecule has 0 aromatic heterocycles. The molecule has 0 heterocycles. The molecular formula is C13H9Cl. The molecule has 0 spiro atoms. The first-order valence-electron chi connectivity index (χ1n) is 4.69. The van der Waals surface area contributed by atoms with E-state index in [1.54, 1.807) is 0 Å². The molecule has 1 aliphatic rings. The lowest BCUT2D eigenvalue weighted by Gasteiger charge is -2.05. The van der Waals surface area contributed by atoms with Gasteiger partial charge in [-0.15, -0.1) is 11.6 Å². The van der Waals surface area contributed by atoms with E-state index in [2.05, 4.69) is 42.5 Å².